The lowest BCUT2D eigenvalue weighted by Crippen LogP contribution is -2.28. The number of aliphatic imine (C=N–C) groups is 1. The monoisotopic (exact) mass is 468 g/mol. The first kappa shape index (κ1) is 21.9. The van der Waals surface area contributed by atoms with Crippen molar-refractivity contribution in [1.82, 2.24) is 0 Å². The van der Waals surface area contributed by atoms with E-state index >= 15 is 0 Å². The average molecular weight is 469 g/mol. The van der Waals surface area contributed by atoms with Crippen LogP contribution in [0, 0.1) is 19.7 Å². The predicted octanol–water partition coefficient (Wildman–Crippen LogP) is 7.51. The molecule has 1 aliphatic rings. The van der Waals surface area contributed by atoms with Crippen LogP contribution in [0.3, 0.4) is 0 Å². The second-order valence-electron chi connectivity index (χ2n) is 7.93. The van der Waals surface area contributed by atoms with Gasteiger partial charge in [0.25, 0.3) is 5.91 Å². The number of amides is 1. The summed E-state index contributed by atoms with van der Waals surface area (Å²) in [7, 11) is 0. The summed E-state index contributed by atoms with van der Waals surface area (Å²) >= 11 is 1.31. The van der Waals surface area contributed by atoms with Crippen LogP contribution in [0.15, 0.2) is 99.2 Å². The summed E-state index contributed by atoms with van der Waals surface area (Å²) in [5.74, 6) is 0.673. The Bertz CT molecular complexity index is 1400. The van der Waals surface area contributed by atoms with Gasteiger partial charge >= 0.3 is 0 Å². The number of rotatable bonds is 4. The van der Waals surface area contributed by atoms with E-state index in [9.17, 15) is 9.18 Å². The third kappa shape index (κ3) is 4.32. The number of aryl methyl sites for hydroxylation is 2. The van der Waals surface area contributed by atoms with Gasteiger partial charge in [-0.25, -0.2) is 9.38 Å². The normalized spacial score (nSPS) is 16.1. The number of carbonyl (C=O) groups excluding carboxylic acids is 1. The molecule has 6 heteroatoms. The van der Waals surface area contributed by atoms with Gasteiger partial charge in [-0.15, -0.1) is 0 Å². The first-order chi connectivity index (χ1) is 16.5. The number of halogens is 1. The van der Waals surface area contributed by atoms with Gasteiger partial charge in [0, 0.05) is 11.6 Å². The molecule has 0 N–H and O–H groups in total. The molecule has 0 unspecified atom stereocenters. The summed E-state index contributed by atoms with van der Waals surface area (Å²) in [6, 6.07) is 25.2. The third-order valence-corrected chi connectivity index (χ3v) is 6.47. The van der Waals surface area contributed by atoms with Crippen LogP contribution in [-0.4, -0.2) is 11.1 Å². The lowest BCUT2D eigenvalue weighted by molar-refractivity contribution is -0.113. The van der Waals surface area contributed by atoms with E-state index in [0.717, 1.165) is 28.1 Å². The number of hydrogen-bond donors (Lipinski definition) is 0. The molecule has 0 saturated carbocycles. The van der Waals surface area contributed by atoms with Crippen LogP contribution in [0.2, 0.25) is 0 Å². The molecule has 4 aromatic rings. The number of carbonyl (C=O) groups is 1. The van der Waals surface area contributed by atoms with E-state index in [1.165, 1.54) is 23.9 Å². The molecule has 34 heavy (non-hydrogen) atoms. The maximum Gasteiger partial charge on any atom is 0.271 e. The fraction of sp³-hybridized carbons (Fsp3) is 0.0714. The standard InChI is InChI=1S/C28H21FN2O2S/c1-18-7-6-8-19(2)26(18)30-28-31(22-9-4-3-5-10-22)27(32)25(34-28)17-23-15-16-24(33-23)20-11-13-21(29)14-12-20/h3-17H,1-2H3. The Kier molecular flexibility index (Phi) is 5.90. The minimum absolute atomic E-state index is 0.166. The summed E-state index contributed by atoms with van der Waals surface area (Å²) < 4.78 is 19.2. The number of para-hydroxylation sites is 2. The van der Waals surface area contributed by atoms with Crippen LogP contribution < -0.4 is 4.90 Å². The van der Waals surface area contributed by atoms with Crippen LogP contribution >= 0.6 is 11.8 Å². The highest BCUT2D eigenvalue weighted by Gasteiger charge is 2.35. The molecule has 3 aromatic carbocycles. The van der Waals surface area contributed by atoms with Crippen LogP contribution in [0.4, 0.5) is 15.8 Å². The number of benzene rings is 3. The molecule has 2 heterocycles. The highest BCUT2D eigenvalue weighted by Crippen LogP contribution is 2.38. The zero-order valence-corrected chi connectivity index (χ0v) is 19.5. The summed E-state index contributed by atoms with van der Waals surface area (Å²) in [6.07, 6.45) is 1.73. The Hall–Kier alpha value is -3.90. The van der Waals surface area contributed by atoms with Crippen molar-refractivity contribution in [2.24, 2.45) is 4.99 Å². The Morgan fingerprint density at radius 1 is 0.882 bits per heavy atom. The van der Waals surface area contributed by atoms with Crippen molar-refractivity contribution in [3.8, 4) is 11.3 Å². The summed E-state index contributed by atoms with van der Waals surface area (Å²) in [5.41, 5.74) is 4.46. The lowest BCUT2D eigenvalue weighted by Gasteiger charge is -2.16. The molecule has 1 amide bonds. The van der Waals surface area contributed by atoms with Crippen LogP contribution in [-0.2, 0) is 4.79 Å². The molecular formula is C28H21FN2O2S. The summed E-state index contributed by atoms with van der Waals surface area (Å²) in [4.78, 5) is 20.5. The zero-order chi connectivity index (χ0) is 23.7. The number of anilines is 1. The van der Waals surface area contributed by atoms with Gasteiger partial charge in [0.05, 0.1) is 16.3 Å². The molecule has 4 nitrogen and oxygen atoms in total. The molecule has 0 aliphatic carbocycles. The molecule has 1 fully saturated rings. The van der Waals surface area contributed by atoms with E-state index in [0.29, 0.717) is 21.6 Å². The fourth-order valence-electron chi connectivity index (χ4n) is 3.76. The van der Waals surface area contributed by atoms with Gasteiger partial charge in [0.1, 0.15) is 17.3 Å². The molecule has 168 valence electrons. The predicted molar refractivity (Wildman–Crippen MR) is 137 cm³/mol. The molecular weight excluding hydrogens is 447 g/mol. The van der Waals surface area contributed by atoms with Crippen molar-refractivity contribution in [3.63, 3.8) is 0 Å². The second kappa shape index (κ2) is 9.15. The van der Waals surface area contributed by atoms with E-state index in [1.54, 1.807) is 29.2 Å². The number of thioether (sulfide) groups is 1. The van der Waals surface area contributed by atoms with Gasteiger partial charge in [-0.05, 0) is 85.3 Å². The Balaban J connectivity index is 1.53. The van der Waals surface area contributed by atoms with E-state index in [1.807, 2.05) is 68.4 Å². The van der Waals surface area contributed by atoms with Gasteiger partial charge in [0.15, 0.2) is 5.17 Å². The molecule has 0 bridgehead atoms. The average Bonchev–Trinajstić information content (AvgIpc) is 3.42. The van der Waals surface area contributed by atoms with Crippen molar-refractivity contribution < 1.29 is 13.6 Å². The van der Waals surface area contributed by atoms with Crippen molar-refractivity contribution in [2.45, 2.75) is 13.8 Å². The number of furan rings is 1. The quantitative estimate of drug-likeness (QED) is 0.291. The molecule has 0 spiro atoms. The SMILES string of the molecule is Cc1cccc(C)c1N=C1SC(=Cc2ccc(-c3ccc(F)cc3)o2)C(=O)N1c1ccccc1. The number of amidine groups is 1. The van der Waals surface area contributed by atoms with Gasteiger partial charge in [-0.3, -0.25) is 9.69 Å². The molecule has 0 atom stereocenters. The highest BCUT2D eigenvalue weighted by molar-refractivity contribution is 8.19. The number of nitrogens with zero attached hydrogens (tertiary/aromatic N) is 2. The first-order valence-corrected chi connectivity index (χ1v) is 11.6. The maximum absolute atomic E-state index is 13.5. The van der Waals surface area contributed by atoms with Crippen LogP contribution in [0.1, 0.15) is 16.9 Å². The maximum atomic E-state index is 13.5. The second-order valence-corrected chi connectivity index (χ2v) is 8.94. The Morgan fingerprint density at radius 3 is 2.29 bits per heavy atom. The van der Waals surface area contributed by atoms with Crippen molar-refractivity contribution in [3.05, 3.63) is 113 Å². The summed E-state index contributed by atoms with van der Waals surface area (Å²) in [6.45, 7) is 4.02. The largest absolute Gasteiger partial charge is 0.457 e. The first-order valence-electron chi connectivity index (χ1n) is 10.8. The Morgan fingerprint density at radius 2 is 1.59 bits per heavy atom. The minimum atomic E-state index is -0.303. The molecule has 1 saturated heterocycles. The van der Waals surface area contributed by atoms with E-state index in [4.69, 9.17) is 9.41 Å². The van der Waals surface area contributed by atoms with Gasteiger partial charge < -0.3 is 4.42 Å². The van der Waals surface area contributed by atoms with Gasteiger partial charge in [0.2, 0.25) is 0 Å². The van der Waals surface area contributed by atoms with Gasteiger partial charge in [-0.2, -0.15) is 0 Å². The Labute approximate surface area is 201 Å². The van der Waals surface area contributed by atoms with Crippen molar-refractivity contribution in [1.29, 1.82) is 0 Å². The topological polar surface area (TPSA) is 45.8 Å². The minimum Gasteiger partial charge on any atom is -0.457 e. The van der Waals surface area contributed by atoms with E-state index in [-0.39, 0.29) is 11.7 Å². The molecule has 1 aliphatic heterocycles. The van der Waals surface area contributed by atoms with Gasteiger partial charge in [-0.1, -0.05) is 36.4 Å². The van der Waals surface area contributed by atoms with Crippen LogP contribution in [0.5, 0.6) is 0 Å². The number of hydrogen-bond acceptors (Lipinski definition) is 4. The molecule has 1 aromatic heterocycles. The smallest absolute Gasteiger partial charge is 0.271 e. The fourth-order valence-corrected chi connectivity index (χ4v) is 4.73. The highest BCUT2D eigenvalue weighted by atomic mass is 32.2. The molecule has 0 radical (unpaired) electrons. The third-order valence-electron chi connectivity index (χ3n) is 5.50. The van der Waals surface area contributed by atoms with Crippen molar-refractivity contribution in [2.75, 3.05) is 4.90 Å². The zero-order valence-electron chi connectivity index (χ0n) is 18.7. The van der Waals surface area contributed by atoms with Crippen LogP contribution in [0.25, 0.3) is 17.4 Å². The molecule has 5 rings (SSSR count). The van der Waals surface area contributed by atoms with E-state index < -0.39 is 0 Å². The summed E-state index contributed by atoms with van der Waals surface area (Å²) in [5, 5.41) is 0.588. The van der Waals surface area contributed by atoms with Crippen molar-refractivity contribution >= 4 is 40.3 Å². The van der Waals surface area contributed by atoms with E-state index in [2.05, 4.69) is 0 Å². The lowest BCUT2D eigenvalue weighted by atomic mass is 10.1.